The van der Waals surface area contributed by atoms with Gasteiger partial charge in [-0.15, -0.1) is 0 Å². The maximum atomic E-state index is 12.7. The molecule has 10 heteroatoms. The standard InChI is InChI=1S/C24H25NO8S/c1-30-18-7-4-14(10-20(18)31-2)11-21-23(27)16-6-5-15(12-19(16)33-21)32-13-22(26)25-17(24(28)29)8-9-34-3/h4-7,10-12,17H,8-9,13H2,1-3H3,(H,25,26)(H,28,29). The van der Waals surface area contributed by atoms with Gasteiger partial charge in [0.25, 0.3) is 5.91 Å². The van der Waals surface area contributed by atoms with Crippen LogP contribution in [0.2, 0.25) is 0 Å². The molecule has 0 radical (unpaired) electrons. The quantitative estimate of drug-likeness (QED) is 0.461. The van der Waals surface area contributed by atoms with E-state index in [1.165, 1.54) is 32.0 Å². The van der Waals surface area contributed by atoms with Gasteiger partial charge in [-0.25, -0.2) is 4.79 Å². The number of methoxy groups -OCH3 is 2. The molecule has 0 bridgehead atoms. The lowest BCUT2D eigenvalue weighted by Gasteiger charge is -2.14. The molecule has 1 heterocycles. The number of rotatable bonds is 11. The number of allylic oxidation sites excluding steroid dienone is 1. The van der Waals surface area contributed by atoms with Crippen LogP contribution in [0, 0.1) is 0 Å². The summed E-state index contributed by atoms with van der Waals surface area (Å²) >= 11 is 1.50. The molecule has 0 saturated heterocycles. The first-order valence-corrected chi connectivity index (χ1v) is 11.7. The summed E-state index contributed by atoms with van der Waals surface area (Å²) in [5.74, 6) is 0.503. The topological polar surface area (TPSA) is 120 Å². The lowest BCUT2D eigenvalue weighted by atomic mass is 10.1. The smallest absolute Gasteiger partial charge is 0.326 e. The molecule has 0 aromatic heterocycles. The molecule has 34 heavy (non-hydrogen) atoms. The van der Waals surface area contributed by atoms with Crippen molar-refractivity contribution in [2.75, 3.05) is 32.8 Å². The van der Waals surface area contributed by atoms with Crippen LogP contribution < -0.4 is 24.3 Å². The van der Waals surface area contributed by atoms with Crippen molar-refractivity contribution < 1.29 is 38.4 Å². The highest BCUT2D eigenvalue weighted by Gasteiger charge is 2.28. The molecule has 1 atom stereocenters. The van der Waals surface area contributed by atoms with E-state index in [4.69, 9.17) is 18.9 Å². The number of ketones is 1. The first-order valence-electron chi connectivity index (χ1n) is 10.3. The average molecular weight is 488 g/mol. The summed E-state index contributed by atoms with van der Waals surface area (Å²) in [6, 6.07) is 8.86. The van der Waals surface area contributed by atoms with Gasteiger partial charge in [-0.2, -0.15) is 11.8 Å². The van der Waals surface area contributed by atoms with Crippen molar-refractivity contribution in [3.05, 3.63) is 53.3 Å². The first kappa shape index (κ1) is 25.0. The van der Waals surface area contributed by atoms with Gasteiger partial charge in [0.05, 0.1) is 19.8 Å². The van der Waals surface area contributed by atoms with E-state index in [1.807, 2.05) is 6.26 Å². The van der Waals surface area contributed by atoms with Crippen LogP contribution >= 0.6 is 11.8 Å². The Morgan fingerprint density at radius 2 is 1.91 bits per heavy atom. The maximum absolute atomic E-state index is 12.7. The van der Waals surface area contributed by atoms with E-state index in [-0.39, 0.29) is 18.1 Å². The van der Waals surface area contributed by atoms with E-state index in [0.29, 0.717) is 46.3 Å². The Morgan fingerprint density at radius 1 is 1.15 bits per heavy atom. The van der Waals surface area contributed by atoms with Gasteiger partial charge in [0.2, 0.25) is 5.78 Å². The number of fused-ring (bicyclic) bond motifs is 1. The summed E-state index contributed by atoms with van der Waals surface area (Å²) < 4.78 is 21.7. The van der Waals surface area contributed by atoms with Crippen molar-refractivity contribution >= 4 is 35.5 Å². The summed E-state index contributed by atoms with van der Waals surface area (Å²) in [5, 5.41) is 11.7. The van der Waals surface area contributed by atoms with Gasteiger partial charge in [0.15, 0.2) is 23.9 Å². The second-order valence-corrected chi connectivity index (χ2v) is 8.23. The van der Waals surface area contributed by atoms with E-state index in [0.717, 1.165) is 0 Å². The minimum absolute atomic E-state index is 0.134. The number of carbonyl (C=O) groups is 3. The second-order valence-electron chi connectivity index (χ2n) is 7.24. The highest BCUT2D eigenvalue weighted by Crippen LogP contribution is 2.36. The minimum atomic E-state index is -1.10. The van der Waals surface area contributed by atoms with Crippen molar-refractivity contribution in [3.63, 3.8) is 0 Å². The number of nitrogens with one attached hydrogen (secondary N) is 1. The number of aliphatic carboxylic acids is 1. The van der Waals surface area contributed by atoms with E-state index in [9.17, 15) is 19.5 Å². The van der Waals surface area contributed by atoms with Gasteiger partial charge in [-0.3, -0.25) is 9.59 Å². The van der Waals surface area contributed by atoms with Crippen molar-refractivity contribution in [1.82, 2.24) is 5.32 Å². The Balaban J connectivity index is 1.66. The molecule has 1 aliphatic heterocycles. The molecule has 2 N–H and O–H groups in total. The Kier molecular flexibility index (Phi) is 8.42. The third-order valence-electron chi connectivity index (χ3n) is 4.96. The molecule has 0 spiro atoms. The van der Waals surface area contributed by atoms with Gasteiger partial charge in [-0.05, 0) is 54.3 Å². The Labute approximate surface area is 201 Å². The largest absolute Gasteiger partial charge is 0.493 e. The van der Waals surface area contributed by atoms with Crippen LogP contribution in [0.3, 0.4) is 0 Å². The van der Waals surface area contributed by atoms with Gasteiger partial charge >= 0.3 is 5.97 Å². The summed E-state index contributed by atoms with van der Waals surface area (Å²) in [5.41, 5.74) is 1.06. The van der Waals surface area contributed by atoms with Crippen LogP contribution in [-0.4, -0.2) is 61.6 Å². The number of hydrogen-bond donors (Lipinski definition) is 2. The molecule has 1 aliphatic rings. The minimum Gasteiger partial charge on any atom is -0.493 e. The number of carboxylic acids is 1. The molecular weight excluding hydrogens is 462 g/mol. The summed E-state index contributed by atoms with van der Waals surface area (Å²) in [7, 11) is 3.06. The Hall–Kier alpha value is -3.66. The van der Waals surface area contributed by atoms with E-state index < -0.39 is 17.9 Å². The Morgan fingerprint density at radius 3 is 2.59 bits per heavy atom. The van der Waals surface area contributed by atoms with E-state index in [1.54, 1.807) is 36.4 Å². The molecule has 2 aromatic carbocycles. The zero-order valence-corrected chi connectivity index (χ0v) is 19.8. The number of Topliss-reactive ketones (excluding diaryl/α,β-unsaturated/α-hetero) is 1. The second kappa shape index (κ2) is 11.5. The molecule has 1 amide bonds. The molecule has 0 fully saturated rings. The van der Waals surface area contributed by atoms with Crippen molar-refractivity contribution in [2.24, 2.45) is 0 Å². The lowest BCUT2D eigenvalue weighted by molar-refractivity contribution is -0.142. The van der Waals surface area contributed by atoms with Crippen molar-refractivity contribution in [2.45, 2.75) is 12.5 Å². The van der Waals surface area contributed by atoms with Crippen LogP contribution in [0.5, 0.6) is 23.0 Å². The summed E-state index contributed by atoms with van der Waals surface area (Å²) in [6.45, 7) is -0.371. The molecule has 3 rings (SSSR count). The number of carboxylic acid groups (broad SMARTS) is 1. The summed E-state index contributed by atoms with van der Waals surface area (Å²) in [6.07, 6.45) is 3.77. The maximum Gasteiger partial charge on any atom is 0.326 e. The number of carbonyl (C=O) groups excluding carboxylic acids is 2. The number of ether oxygens (including phenoxy) is 4. The van der Waals surface area contributed by atoms with Crippen LogP contribution in [-0.2, 0) is 9.59 Å². The number of thioether (sulfide) groups is 1. The molecule has 1 unspecified atom stereocenters. The highest BCUT2D eigenvalue weighted by atomic mass is 32.2. The first-order chi connectivity index (χ1) is 16.4. The average Bonchev–Trinajstić information content (AvgIpc) is 3.14. The molecular formula is C24H25NO8S. The zero-order valence-electron chi connectivity index (χ0n) is 19.0. The molecule has 180 valence electrons. The highest BCUT2D eigenvalue weighted by molar-refractivity contribution is 7.98. The van der Waals surface area contributed by atoms with Crippen LogP contribution in [0.4, 0.5) is 0 Å². The molecule has 2 aromatic rings. The van der Waals surface area contributed by atoms with Gasteiger partial charge in [-0.1, -0.05) is 6.07 Å². The number of hydrogen-bond acceptors (Lipinski definition) is 8. The fourth-order valence-electron chi connectivity index (χ4n) is 3.23. The zero-order chi connectivity index (χ0) is 24.7. The van der Waals surface area contributed by atoms with Crippen molar-refractivity contribution in [3.8, 4) is 23.0 Å². The van der Waals surface area contributed by atoms with Gasteiger partial charge in [0.1, 0.15) is 17.5 Å². The fraction of sp³-hybridized carbons (Fsp3) is 0.292. The Bertz CT molecular complexity index is 1110. The number of benzene rings is 2. The van der Waals surface area contributed by atoms with E-state index in [2.05, 4.69) is 5.32 Å². The fourth-order valence-corrected chi connectivity index (χ4v) is 3.70. The number of amides is 1. The lowest BCUT2D eigenvalue weighted by Crippen LogP contribution is -2.43. The predicted molar refractivity (Wildman–Crippen MR) is 127 cm³/mol. The molecule has 0 saturated carbocycles. The van der Waals surface area contributed by atoms with Crippen LogP contribution in [0.25, 0.3) is 6.08 Å². The predicted octanol–water partition coefficient (Wildman–Crippen LogP) is 3.02. The van der Waals surface area contributed by atoms with Gasteiger partial charge < -0.3 is 29.4 Å². The third kappa shape index (κ3) is 6.02. The normalized spacial score (nSPS) is 14.2. The summed E-state index contributed by atoms with van der Waals surface area (Å²) in [4.78, 5) is 36.1. The van der Waals surface area contributed by atoms with Gasteiger partial charge in [0, 0.05) is 6.07 Å². The SMILES string of the molecule is COc1ccc(C=C2Oc3cc(OCC(=O)NC(CCSC)C(=O)O)ccc3C2=O)cc1OC. The van der Waals surface area contributed by atoms with E-state index >= 15 is 0 Å². The van der Waals surface area contributed by atoms with Crippen LogP contribution in [0.15, 0.2) is 42.2 Å². The van der Waals surface area contributed by atoms with Crippen molar-refractivity contribution in [1.29, 1.82) is 0 Å². The molecule has 9 nitrogen and oxygen atoms in total. The van der Waals surface area contributed by atoms with Crippen LogP contribution in [0.1, 0.15) is 22.3 Å². The monoisotopic (exact) mass is 487 g/mol. The molecule has 0 aliphatic carbocycles. The third-order valence-corrected chi connectivity index (χ3v) is 5.60.